The lowest BCUT2D eigenvalue weighted by atomic mass is 10.1. The van der Waals surface area contributed by atoms with Crippen molar-refractivity contribution >= 4 is 11.4 Å². The highest BCUT2D eigenvalue weighted by atomic mass is 19.1. The van der Waals surface area contributed by atoms with Crippen molar-refractivity contribution in [2.24, 2.45) is 5.92 Å². The van der Waals surface area contributed by atoms with Crippen molar-refractivity contribution in [3.63, 3.8) is 0 Å². The maximum absolute atomic E-state index is 13.6. The van der Waals surface area contributed by atoms with Gasteiger partial charge in [-0.3, -0.25) is 0 Å². The van der Waals surface area contributed by atoms with Crippen LogP contribution in [0.25, 0.3) is 0 Å². The molecule has 0 aromatic heterocycles. The van der Waals surface area contributed by atoms with E-state index in [1.54, 1.807) is 6.07 Å². The van der Waals surface area contributed by atoms with E-state index in [1.165, 1.54) is 6.07 Å². The summed E-state index contributed by atoms with van der Waals surface area (Å²) in [6.07, 6.45) is 1.07. The number of rotatable bonds is 6. The molecule has 0 unspecified atom stereocenters. The molecule has 4 heteroatoms. The van der Waals surface area contributed by atoms with Gasteiger partial charge in [-0.15, -0.1) is 0 Å². The highest BCUT2D eigenvalue weighted by Crippen LogP contribution is 2.30. The summed E-state index contributed by atoms with van der Waals surface area (Å²) in [6.45, 7) is 7.51. The molecule has 3 nitrogen and oxygen atoms in total. The molecule has 0 atom stereocenters. The number of hydrogen-bond donors (Lipinski definition) is 1. The number of nitrogen functional groups attached to an aromatic ring is 1. The highest BCUT2D eigenvalue weighted by Gasteiger charge is 2.12. The normalized spacial score (nSPS) is 10.8. The summed E-state index contributed by atoms with van der Waals surface area (Å²) in [4.78, 5) is 2.04. The molecule has 0 aliphatic heterocycles. The standard InChI is InChI=1S/C14H23FN2O/c1-5-18-14-9-13(12(16)8-11(14)15)17(4)7-6-10(2)3/h8-10H,5-7,16H2,1-4H3. The molecule has 0 spiro atoms. The van der Waals surface area contributed by atoms with Crippen LogP contribution in [0.5, 0.6) is 5.75 Å². The highest BCUT2D eigenvalue weighted by molar-refractivity contribution is 5.69. The number of nitrogens with zero attached hydrogens (tertiary/aromatic N) is 1. The minimum atomic E-state index is -0.407. The lowest BCUT2D eigenvalue weighted by molar-refractivity contribution is 0.322. The van der Waals surface area contributed by atoms with E-state index in [0.29, 0.717) is 18.2 Å². The Labute approximate surface area is 109 Å². The van der Waals surface area contributed by atoms with Gasteiger partial charge in [0.1, 0.15) is 0 Å². The monoisotopic (exact) mass is 254 g/mol. The molecular formula is C14H23FN2O. The van der Waals surface area contributed by atoms with Gasteiger partial charge in [-0.25, -0.2) is 4.39 Å². The molecule has 0 heterocycles. The van der Waals surface area contributed by atoms with Gasteiger partial charge in [-0.2, -0.15) is 0 Å². The second-order valence-corrected chi connectivity index (χ2v) is 4.88. The largest absolute Gasteiger partial charge is 0.491 e. The molecule has 1 aromatic carbocycles. The van der Waals surface area contributed by atoms with Gasteiger partial charge >= 0.3 is 0 Å². The Morgan fingerprint density at radius 3 is 2.61 bits per heavy atom. The van der Waals surface area contributed by atoms with Gasteiger partial charge in [0, 0.05) is 25.7 Å². The smallest absolute Gasteiger partial charge is 0.167 e. The maximum atomic E-state index is 13.6. The van der Waals surface area contributed by atoms with Crippen LogP contribution in [-0.2, 0) is 0 Å². The van der Waals surface area contributed by atoms with E-state index in [9.17, 15) is 4.39 Å². The van der Waals surface area contributed by atoms with Crippen molar-refractivity contribution in [2.75, 3.05) is 30.8 Å². The van der Waals surface area contributed by atoms with Crippen LogP contribution in [0, 0.1) is 11.7 Å². The van der Waals surface area contributed by atoms with E-state index in [4.69, 9.17) is 10.5 Å². The summed E-state index contributed by atoms with van der Waals surface area (Å²) in [6, 6.07) is 3.00. The fourth-order valence-electron chi connectivity index (χ4n) is 1.73. The first-order chi connectivity index (χ1) is 8.45. The van der Waals surface area contributed by atoms with Crippen LogP contribution >= 0.6 is 0 Å². The molecule has 0 radical (unpaired) electrons. The molecule has 1 rings (SSSR count). The molecule has 18 heavy (non-hydrogen) atoms. The lowest BCUT2D eigenvalue weighted by Crippen LogP contribution is -2.21. The van der Waals surface area contributed by atoms with E-state index < -0.39 is 5.82 Å². The van der Waals surface area contributed by atoms with Crippen molar-refractivity contribution in [1.29, 1.82) is 0 Å². The van der Waals surface area contributed by atoms with Crippen LogP contribution in [-0.4, -0.2) is 20.2 Å². The summed E-state index contributed by atoms with van der Waals surface area (Å²) in [5, 5.41) is 0. The number of nitrogens with two attached hydrogens (primary N) is 1. The van der Waals surface area contributed by atoms with E-state index >= 15 is 0 Å². The molecule has 0 amide bonds. The Balaban J connectivity index is 2.89. The summed E-state index contributed by atoms with van der Waals surface area (Å²) in [7, 11) is 1.96. The van der Waals surface area contributed by atoms with Gasteiger partial charge < -0.3 is 15.4 Å². The first-order valence-corrected chi connectivity index (χ1v) is 6.38. The summed E-state index contributed by atoms with van der Waals surface area (Å²) >= 11 is 0. The second-order valence-electron chi connectivity index (χ2n) is 4.88. The average Bonchev–Trinajstić information content (AvgIpc) is 2.29. The minimum absolute atomic E-state index is 0.262. The third-order valence-corrected chi connectivity index (χ3v) is 2.83. The van der Waals surface area contributed by atoms with Crippen LogP contribution < -0.4 is 15.4 Å². The molecule has 2 N–H and O–H groups in total. The van der Waals surface area contributed by atoms with Gasteiger partial charge in [-0.1, -0.05) is 13.8 Å². The lowest BCUT2D eigenvalue weighted by Gasteiger charge is -2.23. The van der Waals surface area contributed by atoms with E-state index in [2.05, 4.69) is 13.8 Å². The van der Waals surface area contributed by atoms with Gasteiger partial charge in [0.25, 0.3) is 0 Å². The maximum Gasteiger partial charge on any atom is 0.167 e. The zero-order chi connectivity index (χ0) is 13.7. The number of halogens is 1. The Morgan fingerprint density at radius 2 is 2.06 bits per heavy atom. The first kappa shape index (κ1) is 14.6. The van der Waals surface area contributed by atoms with E-state index in [1.807, 2.05) is 18.9 Å². The fourth-order valence-corrected chi connectivity index (χ4v) is 1.73. The second kappa shape index (κ2) is 6.47. The summed E-state index contributed by atoms with van der Waals surface area (Å²) in [5.74, 6) is 0.481. The number of benzene rings is 1. The van der Waals surface area contributed by atoms with Crippen LogP contribution in [0.15, 0.2) is 12.1 Å². The molecule has 0 aliphatic rings. The fraction of sp³-hybridized carbons (Fsp3) is 0.571. The topological polar surface area (TPSA) is 38.5 Å². The Morgan fingerprint density at radius 1 is 1.39 bits per heavy atom. The molecule has 0 saturated heterocycles. The van der Waals surface area contributed by atoms with Crippen LogP contribution in [0.3, 0.4) is 0 Å². The predicted molar refractivity (Wildman–Crippen MR) is 74.7 cm³/mol. The van der Waals surface area contributed by atoms with Gasteiger partial charge in [0.2, 0.25) is 0 Å². The van der Waals surface area contributed by atoms with Gasteiger partial charge in [0.15, 0.2) is 11.6 Å². The van der Waals surface area contributed by atoms with Crippen LogP contribution in [0.2, 0.25) is 0 Å². The number of hydrogen-bond acceptors (Lipinski definition) is 3. The Hall–Kier alpha value is -1.45. The predicted octanol–water partition coefficient (Wildman–Crippen LogP) is 3.29. The third kappa shape index (κ3) is 3.79. The van der Waals surface area contributed by atoms with Crippen molar-refractivity contribution in [3.8, 4) is 5.75 Å². The van der Waals surface area contributed by atoms with Gasteiger partial charge in [-0.05, 0) is 19.3 Å². The summed E-state index contributed by atoms with van der Waals surface area (Å²) in [5.41, 5.74) is 7.12. The number of ether oxygens (including phenoxy) is 1. The molecule has 0 fully saturated rings. The van der Waals surface area contributed by atoms with Crippen LogP contribution in [0.4, 0.5) is 15.8 Å². The quantitative estimate of drug-likeness (QED) is 0.792. The van der Waals surface area contributed by atoms with Crippen LogP contribution in [0.1, 0.15) is 27.2 Å². The number of anilines is 2. The zero-order valence-electron chi connectivity index (χ0n) is 11.7. The van der Waals surface area contributed by atoms with Gasteiger partial charge in [0.05, 0.1) is 18.0 Å². The molecule has 0 aliphatic carbocycles. The molecular weight excluding hydrogens is 231 g/mol. The van der Waals surface area contributed by atoms with Crippen molar-refractivity contribution in [2.45, 2.75) is 27.2 Å². The minimum Gasteiger partial charge on any atom is -0.491 e. The summed E-state index contributed by atoms with van der Waals surface area (Å²) < 4.78 is 18.8. The average molecular weight is 254 g/mol. The van der Waals surface area contributed by atoms with Crippen molar-refractivity contribution < 1.29 is 9.13 Å². The van der Waals surface area contributed by atoms with Crippen molar-refractivity contribution in [1.82, 2.24) is 0 Å². The van der Waals surface area contributed by atoms with Crippen molar-refractivity contribution in [3.05, 3.63) is 17.9 Å². The Kier molecular flexibility index (Phi) is 5.25. The zero-order valence-corrected chi connectivity index (χ0v) is 11.7. The Bertz CT molecular complexity index is 394. The SMILES string of the molecule is CCOc1cc(N(C)CCC(C)C)c(N)cc1F. The first-order valence-electron chi connectivity index (χ1n) is 6.38. The molecule has 0 bridgehead atoms. The van der Waals surface area contributed by atoms with E-state index in [-0.39, 0.29) is 5.75 Å². The molecule has 102 valence electrons. The third-order valence-electron chi connectivity index (χ3n) is 2.83. The molecule has 1 aromatic rings. The van der Waals surface area contributed by atoms with E-state index in [0.717, 1.165) is 18.7 Å². The molecule has 0 saturated carbocycles.